The molecule has 0 aliphatic carbocycles. The predicted octanol–water partition coefficient (Wildman–Crippen LogP) is 3.15. The second-order valence-corrected chi connectivity index (χ2v) is 12.7. The standard InChI is InChI=1S/C23H24FN3O9P2S/c24-19-11-16(3-6-20(19)26-7-9-35-10-8-26)27-14-17(36-22(27)29)13-25-21(28)39-18-4-1-15(2-5-18)12-23(30,37(31)32)38(33)34/h1-6,11,17,30H,7-10,12-14H2,(H-2,25,28,31,32,33,34)/p+2/t17-/m0/s1. The second-order valence-electron chi connectivity index (χ2n) is 8.76. The Morgan fingerprint density at radius 3 is 2.41 bits per heavy atom. The smallest absolute Gasteiger partial charge is 0.442 e. The largest absolute Gasteiger partial charge is 0.600 e. The van der Waals surface area contributed by atoms with Gasteiger partial charge in [0.15, 0.2) is 0 Å². The van der Waals surface area contributed by atoms with Gasteiger partial charge in [0.2, 0.25) is 0 Å². The first-order valence-electron chi connectivity index (χ1n) is 11.8. The number of morpholine rings is 1. The summed E-state index contributed by atoms with van der Waals surface area (Å²) >= 11 is 0.837. The number of carbonyl (C=O) groups excluding carboxylic acids is 2. The van der Waals surface area contributed by atoms with Gasteiger partial charge in [-0.2, -0.15) is 9.79 Å². The number of anilines is 2. The Labute approximate surface area is 228 Å². The molecule has 2 unspecified atom stereocenters. The van der Waals surface area contributed by atoms with Crippen molar-refractivity contribution in [3.8, 4) is 0 Å². The molecule has 4 rings (SSSR count). The number of thioether (sulfide) groups is 1. The molecule has 3 atom stereocenters. The van der Waals surface area contributed by atoms with Crippen molar-refractivity contribution in [2.45, 2.75) is 22.5 Å². The summed E-state index contributed by atoms with van der Waals surface area (Å²) in [6.07, 6.45) is -1.82. The fourth-order valence-corrected chi connectivity index (χ4v) is 5.92. The van der Waals surface area contributed by atoms with E-state index in [1.54, 1.807) is 12.1 Å². The van der Waals surface area contributed by atoms with Crippen LogP contribution in [0.3, 0.4) is 0 Å². The van der Waals surface area contributed by atoms with Gasteiger partial charge in [0.25, 0.3) is 5.24 Å². The van der Waals surface area contributed by atoms with Crippen molar-refractivity contribution in [2.75, 3.05) is 49.2 Å². The number of hydrogen-bond donors (Lipinski definition) is 4. The third-order valence-corrected chi connectivity index (χ3v) is 9.54. The van der Waals surface area contributed by atoms with E-state index in [2.05, 4.69) is 5.32 Å². The van der Waals surface area contributed by atoms with Crippen molar-refractivity contribution in [2.24, 2.45) is 0 Å². The molecular formula is C23H26FN3O9P2S+2. The third kappa shape index (κ3) is 7.09. The van der Waals surface area contributed by atoms with Gasteiger partial charge in [0.1, 0.15) is 18.3 Å². The number of ether oxygens (including phenoxy) is 2. The number of carbonyl (C=O) groups is 2. The highest BCUT2D eigenvalue weighted by Gasteiger charge is 2.66. The van der Waals surface area contributed by atoms with Crippen molar-refractivity contribution in [1.29, 1.82) is 0 Å². The van der Waals surface area contributed by atoms with Crippen LogP contribution in [0.4, 0.5) is 25.4 Å². The van der Waals surface area contributed by atoms with Gasteiger partial charge in [-0.05, 0) is 56.8 Å². The lowest BCUT2D eigenvalue weighted by Crippen LogP contribution is -2.36. The van der Waals surface area contributed by atoms with E-state index in [-0.39, 0.29) is 13.1 Å². The minimum atomic E-state index is -3.33. The lowest BCUT2D eigenvalue weighted by Gasteiger charge is -2.29. The number of amides is 2. The number of aliphatic hydroxyl groups is 1. The molecule has 0 saturated carbocycles. The van der Waals surface area contributed by atoms with E-state index in [0.29, 0.717) is 48.1 Å². The Morgan fingerprint density at radius 2 is 1.79 bits per heavy atom. The topological polar surface area (TPSA) is 166 Å². The lowest BCUT2D eigenvalue weighted by atomic mass is 10.2. The first-order valence-corrected chi connectivity index (χ1v) is 15.0. The second kappa shape index (κ2) is 12.6. The van der Waals surface area contributed by atoms with E-state index in [0.717, 1.165) is 11.8 Å². The fourth-order valence-electron chi connectivity index (χ4n) is 4.06. The molecule has 0 spiro atoms. The molecular weight excluding hydrogens is 575 g/mol. The van der Waals surface area contributed by atoms with Crippen molar-refractivity contribution in [1.82, 2.24) is 5.32 Å². The van der Waals surface area contributed by atoms with Crippen molar-refractivity contribution >= 4 is 50.5 Å². The summed E-state index contributed by atoms with van der Waals surface area (Å²) in [6, 6.07) is 10.5. The average Bonchev–Trinajstić information content (AvgIpc) is 3.29. The molecule has 0 radical (unpaired) electrons. The maximum absolute atomic E-state index is 14.8. The van der Waals surface area contributed by atoms with Crippen molar-refractivity contribution in [3.05, 3.63) is 53.8 Å². The minimum Gasteiger partial charge on any atom is -0.442 e. The monoisotopic (exact) mass is 601 g/mol. The number of halogens is 1. The molecule has 0 bridgehead atoms. The van der Waals surface area contributed by atoms with Gasteiger partial charge in [-0.25, -0.2) is 9.18 Å². The predicted molar refractivity (Wildman–Crippen MR) is 141 cm³/mol. The summed E-state index contributed by atoms with van der Waals surface area (Å²) in [6.45, 7) is 2.34. The van der Waals surface area contributed by atoms with Crippen LogP contribution in [0.5, 0.6) is 0 Å². The van der Waals surface area contributed by atoms with Crippen LogP contribution >= 0.6 is 27.8 Å². The Hall–Kier alpha value is -2.70. The first-order chi connectivity index (χ1) is 18.6. The van der Waals surface area contributed by atoms with Crippen LogP contribution in [-0.4, -0.2) is 76.8 Å². The molecule has 2 aliphatic rings. The summed E-state index contributed by atoms with van der Waals surface area (Å²) in [7, 11) is -6.66. The third-order valence-electron chi connectivity index (χ3n) is 6.13. The zero-order chi connectivity index (χ0) is 28.2. The zero-order valence-electron chi connectivity index (χ0n) is 20.4. The van der Waals surface area contributed by atoms with E-state index in [4.69, 9.17) is 9.47 Å². The Morgan fingerprint density at radius 1 is 1.13 bits per heavy atom. The molecule has 12 nitrogen and oxygen atoms in total. The normalized spacial score (nSPS) is 19.8. The molecule has 2 heterocycles. The summed E-state index contributed by atoms with van der Waals surface area (Å²) in [5.41, 5.74) is 1.11. The number of nitrogens with zero attached hydrogens (tertiary/aromatic N) is 2. The zero-order valence-corrected chi connectivity index (χ0v) is 23.0. The van der Waals surface area contributed by atoms with Gasteiger partial charge >= 0.3 is 27.2 Å². The summed E-state index contributed by atoms with van der Waals surface area (Å²) in [5.74, 6) is -0.457. The SMILES string of the molecule is O=C(NC[C@H]1CN(c2ccc(N3CCOCC3)c(F)c2)C(=O)O1)Sc1ccc(CC(O)([P+](=O)O)[P+](=O)O)cc1. The Balaban J connectivity index is 1.28. The number of rotatable bonds is 9. The highest BCUT2D eigenvalue weighted by Crippen LogP contribution is 2.51. The summed E-state index contributed by atoms with van der Waals surface area (Å²) in [4.78, 5) is 46.8. The van der Waals surface area contributed by atoms with Crippen LogP contribution in [0.2, 0.25) is 0 Å². The molecule has 208 valence electrons. The number of benzene rings is 2. The van der Waals surface area contributed by atoms with Crippen LogP contribution in [0.1, 0.15) is 5.56 Å². The van der Waals surface area contributed by atoms with Crippen molar-refractivity contribution in [3.63, 3.8) is 0 Å². The maximum Gasteiger partial charge on any atom is 0.600 e. The van der Waals surface area contributed by atoms with E-state index >= 15 is 0 Å². The molecule has 2 aromatic rings. The quantitative estimate of drug-likeness (QED) is 0.246. The fraction of sp³-hybridized carbons (Fsp3) is 0.391. The average molecular weight is 601 g/mol. The highest BCUT2D eigenvalue weighted by atomic mass is 32.2. The van der Waals surface area contributed by atoms with Crippen LogP contribution in [0.25, 0.3) is 0 Å². The maximum atomic E-state index is 14.8. The minimum absolute atomic E-state index is 0.0284. The van der Waals surface area contributed by atoms with Gasteiger partial charge < -0.3 is 24.8 Å². The van der Waals surface area contributed by atoms with Crippen LogP contribution < -0.4 is 15.1 Å². The molecule has 2 amide bonds. The number of hydrogen-bond acceptors (Lipinski definition) is 9. The van der Waals surface area contributed by atoms with Gasteiger partial charge in [-0.15, -0.1) is 0 Å². The van der Waals surface area contributed by atoms with E-state index < -0.39 is 50.8 Å². The van der Waals surface area contributed by atoms with Crippen molar-refractivity contribution < 1.29 is 47.5 Å². The molecule has 4 N–H and O–H groups in total. The summed E-state index contributed by atoms with van der Waals surface area (Å²) < 4.78 is 48.0. The van der Waals surface area contributed by atoms with Gasteiger partial charge in [-0.1, -0.05) is 12.1 Å². The van der Waals surface area contributed by atoms with Gasteiger partial charge in [0, 0.05) is 18.0 Å². The first kappa shape index (κ1) is 29.3. The van der Waals surface area contributed by atoms with Gasteiger partial charge in [-0.3, -0.25) is 9.69 Å². The Bertz CT molecular complexity index is 1250. The van der Waals surface area contributed by atoms with Crippen LogP contribution in [0.15, 0.2) is 47.4 Å². The molecule has 2 aromatic carbocycles. The number of nitrogens with one attached hydrogen (secondary N) is 1. The molecule has 2 aliphatic heterocycles. The van der Waals surface area contributed by atoms with E-state index in [9.17, 15) is 38.0 Å². The molecule has 0 aromatic heterocycles. The molecule has 39 heavy (non-hydrogen) atoms. The molecule has 16 heteroatoms. The van der Waals surface area contributed by atoms with Gasteiger partial charge in [0.05, 0.1) is 37.7 Å². The molecule has 2 saturated heterocycles. The lowest BCUT2D eigenvalue weighted by molar-refractivity contribution is 0.122. The summed E-state index contributed by atoms with van der Waals surface area (Å²) in [5, 5.41) is 9.55. The number of cyclic esters (lactones) is 1. The van der Waals surface area contributed by atoms with E-state index in [1.165, 1.54) is 35.2 Å². The molecule has 2 fully saturated rings. The van der Waals surface area contributed by atoms with Crippen LogP contribution in [-0.2, 0) is 25.0 Å². The Kier molecular flexibility index (Phi) is 9.50. The van der Waals surface area contributed by atoms with E-state index in [1.807, 2.05) is 4.90 Å². The highest BCUT2D eigenvalue weighted by molar-refractivity contribution is 8.13. The van der Waals surface area contributed by atoms with Crippen LogP contribution in [0, 0.1) is 5.82 Å².